The molecule has 4 rings (SSSR count). The van der Waals surface area contributed by atoms with E-state index in [9.17, 15) is 9.59 Å². The molecule has 4 N–H and O–H groups in total. The Morgan fingerprint density at radius 2 is 1.81 bits per heavy atom. The minimum absolute atomic E-state index is 0.0633. The van der Waals surface area contributed by atoms with Gasteiger partial charge < -0.3 is 20.7 Å². The predicted molar refractivity (Wildman–Crippen MR) is 129 cm³/mol. The van der Waals surface area contributed by atoms with E-state index in [1.807, 2.05) is 29.6 Å². The molecule has 1 aliphatic rings. The van der Waals surface area contributed by atoms with Gasteiger partial charge in [-0.3, -0.25) is 10.1 Å². The van der Waals surface area contributed by atoms with Crippen molar-refractivity contribution in [2.24, 2.45) is 0 Å². The molecule has 8 heteroatoms. The number of nitrogens with two attached hydrogens (primary N) is 1. The monoisotopic (exact) mass is 450 g/mol. The predicted octanol–water partition coefficient (Wildman–Crippen LogP) is 4.89. The number of hydrogen-bond acceptors (Lipinski definition) is 6. The van der Waals surface area contributed by atoms with Gasteiger partial charge in [-0.05, 0) is 73.3 Å². The molecule has 0 radical (unpaired) electrons. The van der Waals surface area contributed by atoms with Crippen LogP contribution in [0.15, 0.2) is 60.0 Å². The number of nitrogens with zero attached hydrogens (tertiary/aromatic N) is 1. The van der Waals surface area contributed by atoms with E-state index < -0.39 is 6.09 Å². The number of anilines is 3. The second-order valence-electron chi connectivity index (χ2n) is 7.84. The van der Waals surface area contributed by atoms with Gasteiger partial charge in [0.25, 0.3) is 5.91 Å². The maximum Gasteiger partial charge on any atom is 0.411 e. The molecule has 1 aromatic heterocycles. The maximum absolute atomic E-state index is 12.7. The van der Waals surface area contributed by atoms with E-state index in [4.69, 9.17) is 10.5 Å². The van der Waals surface area contributed by atoms with E-state index in [-0.39, 0.29) is 12.0 Å². The number of piperidine rings is 1. The summed E-state index contributed by atoms with van der Waals surface area (Å²) in [5.74, 6) is -0.277. The number of benzene rings is 2. The molecule has 2 amide bonds. The molecule has 0 atom stereocenters. The molecule has 7 nitrogen and oxygen atoms in total. The van der Waals surface area contributed by atoms with Gasteiger partial charge in [0.1, 0.15) is 6.10 Å². The highest BCUT2D eigenvalue weighted by Gasteiger charge is 2.20. The maximum atomic E-state index is 12.7. The zero-order valence-corrected chi connectivity index (χ0v) is 18.7. The summed E-state index contributed by atoms with van der Waals surface area (Å²) in [5.41, 5.74) is 9.13. The van der Waals surface area contributed by atoms with Crippen molar-refractivity contribution in [1.29, 1.82) is 0 Å². The number of thiophene rings is 1. The van der Waals surface area contributed by atoms with Crippen molar-refractivity contribution in [1.82, 2.24) is 4.90 Å². The molecule has 1 fully saturated rings. The van der Waals surface area contributed by atoms with Crippen LogP contribution in [-0.4, -0.2) is 43.1 Å². The Morgan fingerprint density at radius 1 is 1.06 bits per heavy atom. The highest BCUT2D eigenvalue weighted by atomic mass is 32.1. The van der Waals surface area contributed by atoms with Crippen LogP contribution in [0.1, 0.15) is 23.2 Å². The van der Waals surface area contributed by atoms with Gasteiger partial charge >= 0.3 is 6.09 Å². The van der Waals surface area contributed by atoms with Crippen molar-refractivity contribution >= 4 is 40.4 Å². The third-order valence-corrected chi connectivity index (χ3v) is 6.36. The number of nitrogen functional groups attached to an aromatic ring is 1. The molecular weight excluding hydrogens is 424 g/mol. The van der Waals surface area contributed by atoms with Gasteiger partial charge in [0.2, 0.25) is 0 Å². The standard InChI is InChI=1S/C24H26N4O3S/c1-28-12-10-19(11-13-28)31-24(30)26-18-7-4-16(5-8-18)23(29)27-21-15-17(6-9-20(21)25)22-3-2-14-32-22/h2-9,14-15,19H,10-13,25H2,1H3,(H,26,30)(H,27,29). The van der Waals surface area contributed by atoms with Crippen LogP contribution in [0.4, 0.5) is 21.9 Å². The molecule has 32 heavy (non-hydrogen) atoms. The van der Waals surface area contributed by atoms with Crippen molar-refractivity contribution in [3.05, 3.63) is 65.5 Å². The van der Waals surface area contributed by atoms with Crippen molar-refractivity contribution in [2.75, 3.05) is 36.5 Å². The first-order valence-corrected chi connectivity index (χ1v) is 11.4. The largest absolute Gasteiger partial charge is 0.446 e. The fourth-order valence-corrected chi connectivity index (χ4v) is 4.29. The summed E-state index contributed by atoms with van der Waals surface area (Å²) in [6.45, 7) is 1.84. The number of amides is 2. The average molecular weight is 451 g/mol. The molecule has 1 saturated heterocycles. The van der Waals surface area contributed by atoms with Crippen molar-refractivity contribution in [2.45, 2.75) is 18.9 Å². The van der Waals surface area contributed by atoms with Gasteiger partial charge in [0.05, 0.1) is 11.4 Å². The molecule has 2 heterocycles. The highest BCUT2D eigenvalue weighted by molar-refractivity contribution is 7.13. The van der Waals surface area contributed by atoms with E-state index in [2.05, 4.69) is 22.6 Å². The SMILES string of the molecule is CN1CCC(OC(=O)Nc2ccc(C(=O)Nc3cc(-c4cccs4)ccc3N)cc2)CC1. The van der Waals surface area contributed by atoms with Crippen LogP contribution in [0.3, 0.4) is 0 Å². The van der Waals surface area contributed by atoms with Crippen LogP contribution >= 0.6 is 11.3 Å². The number of rotatable bonds is 5. The summed E-state index contributed by atoms with van der Waals surface area (Å²) >= 11 is 1.62. The summed E-state index contributed by atoms with van der Waals surface area (Å²) < 4.78 is 5.49. The van der Waals surface area contributed by atoms with Gasteiger partial charge in [0.15, 0.2) is 0 Å². The van der Waals surface area contributed by atoms with Crippen LogP contribution in [0, 0.1) is 0 Å². The Hall–Kier alpha value is -3.36. The molecule has 1 aliphatic heterocycles. The lowest BCUT2D eigenvalue weighted by molar-refractivity contribution is 0.0662. The number of carbonyl (C=O) groups is 2. The molecule has 0 aliphatic carbocycles. The third-order valence-electron chi connectivity index (χ3n) is 5.44. The van der Waals surface area contributed by atoms with Crippen LogP contribution in [0.5, 0.6) is 0 Å². The molecule has 3 aromatic rings. The smallest absolute Gasteiger partial charge is 0.411 e. The van der Waals surface area contributed by atoms with Crippen LogP contribution < -0.4 is 16.4 Å². The lowest BCUT2D eigenvalue weighted by atomic mass is 10.1. The van der Waals surface area contributed by atoms with Crippen LogP contribution in [-0.2, 0) is 4.74 Å². The Bertz CT molecular complexity index is 1080. The first kappa shape index (κ1) is 21.9. The Balaban J connectivity index is 1.35. The second kappa shape index (κ2) is 9.84. The van der Waals surface area contributed by atoms with E-state index in [0.29, 0.717) is 22.6 Å². The lowest BCUT2D eigenvalue weighted by Crippen LogP contribution is -2.36. The molecule has 0 bridgehead atoms. The summed E-state index contributed by atoms with van der Waals surface area (Å²) in [6.07, 6.45) is 1.13. The zero-order valence-electron chi connectivity index (χ0n) is 17.8. The number of carbonyl (C=O) groups excluding carboxylic acids is 2. The molecule has 0 unspecified atom stereocenters. The lowest BCUT2D eigenvalue weighted by Gasteiger charge is -2.28. The first-order chi connectivity index (χ1) is 15.5. The molecule has 166 valence electrons. The fraction of sp³-hybridized carbons (Fsp3) is 0.250. The topological polar surface area (TPSA) is 96.7 Å². The van der Waals surface area contributed by atoms with E-state index in [1.54, 1.807) is 41.7 Å². The normalized spacial score (nSPS) is 14.7. The van der Waals surface area contributed by atoms with E-state index in [1.165, 1.54) is 0 Å². The zero-order chi connectivity index (χ0) is 22.5. The van der Waals surface area contributed by atoms with Crippen LogP contribution in [0.25, 0.3) is 10.4 Å². The quantitative estimate of drug-likeness (QED) is 0.481. The molecular formula is C24H26N4O3S. The minimum atomic E-state index is -0.477. The Labute approximate surface area is 191 Å². The molecule has 0 spiro atoms. The highest BCUT2D eigenvalue weighted by Crippen LogP contribution is 2.30. The summed E-state index contributed by atoms with van der Waals surface area (Å²) in [4.78, 5) is 28.2. The van der Waals surface area contributed by atoms with Gasteiger partial charge in [0, 0.05) is 29.2 Å². The van der Waals surface area contributed by atoms with Crippen LogP contribution in [0.2, 0.25) is 0 Å². The fourth-order valence-electron chi connectivity index (χ4n) is 3.56. The van der Waals surface area contributed by atoms with Gasteiger partial charge in [-0.2, -0.15) is 0 Å². The average Bonchev–Trinajstić information content (AvgIpc) is 3.32. The van der Waals surface area contributed by atoms with Crippen molar-refractivity contribution < 1.29 is 14.3 Å². The summed E-state index contributed by atoms with van der Waals surface area (Å²) in [7, 11) is 2.06. The molecule has 2 aromatic carbocycles. The molecule has 0 saturated carbocycles. The van der Waals surface area contributed by atoms with Crippen molar-refractivity contribution in [3.8, 4) is 10.4 Å². The van der Waals surface area contributed by atoms with Crippen molar-refractivity contribution in [3.63, 3.8) is 0 Å². The summed E-state index contributed by atoms with van der Waals surface area (Å²) in [6, 6.07) is 16.2. The van der Waals surface area contributed by atoms with E-state index >= 15 is 0 Å². The number of nitrogens with one attached hydrogen (secondary N) is 2. The summed E-state index contributed by atoms with van der Waals surface area (Å²) in [5, 5.41) is 7.60. The Morgan fingerprint density at radius 3 is 2.50 bits per heavy atom. The van der Waals surface area contributed by atoms with Gasteiger partial charge in [-0.1, -0.05) is 12.1 Å². The van der Waals surface area contributed by atoms with Gasteiger partial charge in [-0.25, -0.2) is 4.79 Å². The van der Waals surface area contributed by atoms with Gasteiger partial charge in [-0.15, -0.1) is 11.3 Å². The minimum Gasteiger partial charge on any atom is -0.446 e. The van der Waals surface area contributed by atoms with E-state index in [0.717, 1.165) is 36.4 Å². The second-order valence-corrected chi connectivity index (χ2v) is 8.79. The number of likely N-dealkylation sites (tertiary alicyclic amines) is 1. The number of ether oxygens (including phenoxy) is 1. The first-order valence-electron chi connectivity index (χ1n) is 10.5. The Kier molecular flexibility index (Phi) is 6.72. The third kappa shape index (κ3) is 5.46. The number of hydrogen-bond donors (Lipinski definition) is 3.